The third kappa shape index (κ3) is 4.53. The average Bonchev–Trinajstić information content (AvgIpc) is 3.04. The lowest BCUT2D eigenvalue weighted by molar-refractivity contribution is -0.125. The molecule has 0 radical (unpaired) electrons. The van der Waals surface area contributed by atoms with Crippen molar-refractivity contribution in [2.75, 3.05) is 32.8 Å². The van der Waals surface area contributed by atoms with Crippen molar-refractivity contribution < 1.29 is 9.53 Å². The van der Waals surface area contributed by atoms with Gasteiger partial charge in [-0.2, -0.15) is 11.3 Å². The van der Waals surface area contributed by atoms with Gasteiger partial charge in [-0.25, -0.2) is 0 Å². The van der Waals surface area contributed by atoms with Crippen LogP contribution in [0.2, 0.25) is 0 Å². The summed E-state index contributed by atoms with van der Waals surface area (Å²) >= 11 is 1.71. The third-order valence-electron chi connectivity index (χ3n) is 4.24. The molecule has 0 aromatic carbocycles. The second-order valence-electron chi connectivity index (χ2n) is 5.48. The van der Waals surface area contributed by atoms with Crippen LogP contribution in [-0.2, 0) is 9.53 Å². The quantitative estimate of drug-likeness (QED) is 0.842. The second kappa shape index (κ2) is 8.51. The van der Waals surface area contributed by atoms with Crippen molar-refractivity contribution in [2.24, 2.45) is 5.92 Å². The number of amides is 1. The summed E-state index contributed by atoms with van der Waals surface area (Å²) in [6.45, 7) is 8.26. The highest BCUT2D eigenvalue weighted by Gasteiger charge is 2.24. The van der Waals surface area contributed by atoms with Crippen molar-refractivity contribution in [3.8, 4) is 0 Å². The molecule has 21 heavy (non-hydrogen) atoms. The van der Waals surface area contributed by atoms with Gasteiger partial charge in [0, 0.05) is 25.6 Å². The van der Waals surface area contributed by atoms with Crippen LogP contribution < -0.4 is 5.32 Å². The van der Waals surface area contributed by atoms with Gasteiger partial charge in [-0.1, -0.05) is 13.8 Å². The molecule has 4 nitrogen and oxygen atoms in total. The van der Waals surface area contributed by atoms with Gasteiger partial charge >= 0.3 is 0 Å². The Labute approximate surface area is 131 Å². The summed E-state index contributed by atoms with van der Waals surface area (Å²) in [5, 5.41) is 7.44. The standard InChI is InChI=1S/C16H26N2O2S/c1-3-13(4-2)16(19)17-11-15(14-5-10-21-12-14)18-6-8-20-9-7-18/h5,10,12-13,15H,3-4,6-9,11H2,1-2H3,(H,17,19). The Bertz CT molecular complexity index is 412. The predicted molar refractivity (Wildman–Crippen MR) is 86.5 cm³/mol. The maximum atomic E-state index is 12.2. The van der Waals surface area contributed by atoms with Crippen LogP contribution in [0.4, 0.5) is 0 Å². The van der Waals surface area contributed by atoms with E-state index in [2.05, 4.69) is 40.9 Å². The van der Waals surface area contributed by atoms with Crippen LogP contribution in [0, 0.1) is 5.92 Å². The van der Waals surface area contributed by atoms with Gasteiger partial charge in [-0.05, 0) is 35.2 Å². The number of hydrogen-bond acceptors (Lipinski definition) is 4. The first kappa shape index (κ1) is 16.5. The lowest BCUT2D eigenvalue weighted by Crippen LogP contribution is -2.44. The summed E-state index contributed by atoms with van der Waals surface area (Å²) in [6.07, 6.45) is 1.81. The lowest BCUT2D eigenvalue weighted by Gasteiger charge is -2.34. The number of nitrogens with one attached hydrogen (secondary N) is 1. The fourth-order valence-corrected chi connectivity index (χ4v) is 3.52. The number of nitrogens with zero attached hydrogens (tertiary/aromatic N) is 1. The first-order valence-corrected chi connectivity index (χ1v) is 8.82. The fourth-order valence-electron chi connectivity index (χ4n) is 2.81. The zero-order valence-corrected chi connectivity index (χ0v) is 13.8. The van der Waals surface area contributed by atoms with Crippen molar-refractivity contribution in [1.29, 1.82) is 0 Å². The Morgan fingerprint density at radius 3 is 2.67 bits per heavy atom. The molecular weight excluding hydrogens is 284 g/mol. The smallest absolute Gasteiger partial charge is 0.223 e. The topological polar surface area (TPSA) is 41.6 Å². The van der Waals surface area contributed by atoms with Crippen molar-refractivity contribution in [3.05, 3.63) is 22.4 Å². The van der Waals surface area contributed by atoms with Crippen molar-refractivity contribution in [2.45, 2.75) is 32.7 Å². The van der Waals surface area contributed by atoms with Gasteiger partial charge in [-0.3, -0.25) is 9.69 Å². The molecule has 1 atom stereocenters. The largest absolute Gasteiger partial charge is 0.379 e. The van der Waals surface area contributed by atoms with Crippen molar-refractivity contribution >= 4 is 17.2 Å². The van der Waals surface area contributed by atoms with Crippen LogP contribution in [0.25, 0.3) is 0 Å². The Kier molecular flexibility index (Phi) is 6.67. The Hall–Kier alpha value is -0.910. The number of carbonyl (C=O) groups excluding carboxylic acids is 1. The van der Waals surface area contributed by atoms with E-state index >= 15 is 0 Å². The summed E-state index contributed by atoms with van der Waals surface area (Å²) in [7, 11) is 0. The number of carbonyl (C=O) groups is 1. The zero-order chi connectivity index (χ0) is 15.1. The van der Waals surface area contributed by atoms with Crippen LogP contribution in [0.5, 0.6) is 0 Å². The van der Waals surface area contributed by atoms with Crippen molar-refractivity contribution in [3.63, 3.8) is 0 Å². The van der Waals surface area contributed by atoms with E-state index in [0.717, 1.165) is 39.1 Å². The molecule has 5 heteroatoms. The molecule has 1 unspecified atom stereocenters. The number of thiophene rings is 1. The maximum absolute atomic E-state index is 12.2. The van der Waals surface area contributed by atoms with Crippen LogP contribution >= 0.6 is 11.3 Å². The molecule has 0 bridgehead atoms. The number of morpholine rings is 1. The van der Waals surface area contributed by atoms with Gasteiger partial charge in [-0.15, -0.1) is 0 Å². The predicted octanol–water partition coefficient (Wildman–Crippen LogP) is 2.67. The molecular formula is C16H26N2O2S. The lowest BCUT2D eigenvalue weighted by atomic mass is 10.0. The summed E-state index contributed by atoms with van der Waals surface area (Å²) in [4.78, 5) is 14.6. The van der Waals surface area contributed by atoms with E-state index in [1.807, 2.05) is 0 Å². The molecule has 0 spiro atoms. The maximum Gasteiger partial charge on any atom is 0.223 e. The molecule has 1 amide bonds. The number of hydrogen-bond donors (Lipinski definition) is 1. The fraction of sp³-hybridized carbons (Fsp3) is 0.688. The Morgan fingerprint density at radius 1 is 1.38 bits per heavy atom. The molecule has 1 aliphatic rings. The summed E-state index contributed by atoms with van der Waals surface area (Å²) in [5.41, 5.74) is 1.30. The van der Waals surface area contributed by atoms with Crippen LogP contribution in [0.15, 0.2) is 16.8 Å². The Morgan fingerprint density at radius 2 is 2.10 bits per heavy atom. The van der Waals surface area contributed by atoms with Gasteiger partial charge in [0.25, 0.3) is 0 Å². The Balaban J connectivity index is 1.98. The molecule has 2 heterocycles. The number of ether oxygens (including phenoxy) is 1. The van der Waals surface area contributed by atoms with E-state index < -0.39 is 0 Å². The van der Waals surface area contributed by atoms with Crippen LogP contribution in [0.1, 0.15) is 38.3 Å². The molecule has 1 aromatic heterocycles. The molecule has 0 saturated carbocycles. The summed E-state index contributed by atoms with van der Waals surface area (Å²) in [6, 6.07) is 2.42. The summed E-state index contributed by atoms with van der Waals surface area (Å²) in [5.74, 6) is 0.325. The van der Waals surface area contributed by atoms with Gasteiger partial charge in [0.15, 0.2) is 0 Å². The minimum atomic E-state index is 0.137. The van der Waals surface area contributed by atoms with Gasteiger partial charge in [0.05, 0.1) is 19.3 Å². The molecule has 0 aliphatic carbocycles. The highest BCUT2D eigenvalue weighted by atomic mass is 32.1. The zero-order valence-electron chi connectivity index (χ0n) is 13.0. The van der Waals surface area contributed by atoms with E-state index in [1.54, 1.807) is 11.3 Å². The van der Waals surface area contributed by atoms with E-state index in [1.165, 1.54) is 5.56 Å². The summed E-state index contributed by atoms with van der Waals surface area (Å²) < 4.78 is 5.44. The minimum Gasteiger partial charge on any atom is -0.379 e. The molecule has 118 valence electrons. The highest BCUT2D eigenvalue weighted by Crippen LogP contribution is 2.23. The first-order chi connectivity index (χ1) is 10.3. The second-order valence-corrected chi connectivity index (χ2v) is 6.26. The molecule has 1 N–H and O–H groups in total. The van der Waals surface area contributed by atoms with Crippen molar-refractivity contribution in [1.82, 2.24) is 10.2 Å². The van der Waals surface area contributed by atoms with E-state index in [9.17, 15) is 4.79 Å². The SMILES string of the molecule is CCC(CC)C(=O)NCC(c1ccsc1)N1CCOCC1. The van der Waals surface area contributed by atoms with Crippen LogP contribution in [0.3, 0.4) is 0 Å². The molecule has 1 fully saturated rings. The molecule has 1 saturated heterocycles. The minimum absolute atomic E-state index is 0.137. The highest BCUT2D eigenvalue weighted by molar-refractivity contribution is 7.07. The van der Waals surface area contributed by atoms with E-state index in [4.69, 9.17) is 4.74 Å². The van der Waals surface area contributed by atoms with E-state index in [-0.39, 0.29) is 17.9 Å². The van der Waals surface area contributed by atoms with E-state index in [0.29, 0.717) is 6.54 Å². The molecule has 1 aliphatic heterocycles. The third-order valence-corrected chi connectivity index (χ3v) is 4.94. The van der Waals surface area contributed by atoms with Gasteiger partial charge in [0.1, 0.15) is 0 Å². The molecule has 2 rings (SSSR count). The van der Waals surface area contributed by atoms with Crippen LogP contribution in [-0.4, -0.2) is 43.7 Å². The molecule has 1 aromatic rings. The van der Waals surface area contributed by atoms with Gasteiger partial charge < -0.3 is 10.1 Å². The first-order valence-electron chi connectivity index (χ1n) is 7.87. The monoisotopic (exact) mass is 310 g/mol. The average molecular weight is 310 g/mol. The normalized spacial score (nSPS) is 17.9. The van der Waals surface area contributed by atoms with Gasteiger partial charge in [0.2, 0.25) is 5.91 Å². The number of rotatable bonds is 7.